The van der Waals surface area contributed by atoms with Crippen molar-refractivity contribution in [3.63, 3.8) is 0 Å². The molecule has 260 valence electrons. The summed E-state index contributed by atoms with van der Waals surface area (Å²) in [5.41, 5.74) is -5.73. The van der Waals surface area contributed by atoms with Gasteiger partial charge in [-0.1, -0.05) is 6.07 Å². The van der Waals surface area contributed by atoms with Gasteiger partial charge in [-0.2, -0.15) is 13.2 Å². The van der Waals surface area contributed by atoms with Crippen LogP contribution in [0, 0.1) is 29.5 Å². The number of carbonyl (C=O) groups is 3. The maximum absolute atomic E-state index is 15.0. The highest BCUT2D eigenvalue weighted by Crippen LogP contribution is 2.54. The summed E-state index contributed by atoms with van der Waals surface area (Å²) in [5.74, 6) is -5.59. The molecule has 17 heteroatoms. The quantitative estimate of drug-likeness (QED) is 0.327. The Morgan fingerprint density at radius 3 is 2.38 bits per heavy atom. The van der Waals surface area contributed by atoms with Crippen LogP contribution in [0.5, 0.6) is 11.5 Å². The first-order valence-electron chi connectivity index (χ1n) is 15.2. The van der Waals surface area contributed by atoms with E-state index in [0.29, 0.717) is 25.7 Å². The lowest BCUT2D eigenvalue weighted by atomic mass is 9.87. The van der Waals surface area contributed by atoms with E-state index in [4.69, 9.17) is 18.9 Å². The first-order valence-corrected chi connectivity index (χ1v) is 16.7. The maximum atomic E-state index is 15.0. The minimum absolute atomic E-state index is 0.0322. The van der Waals surface area contributed by atoms with Crippen molar-refractivity contribution in [2.45, 2.75) is 66.9 Å². The second-order valence-electron chi connectivity index (χ2n) is 12.3. The van der Waals surface area contributed by atoms with Crippen LogP contribution in [0.25, 0.3) is 0 Å². The molecule has 12 nitrogen and oxygen atoms in total. The lowest BCUT2D eigenvalue weighted by Gasteiger charge is -2.30. The Balaban J connectivity index is 1.19. The zero-order chi connectivity index (χ0) is 34.5. The summed E-state index contributed by atoms with van der Waals surface area (Å²) in [4.78, 5) is 37.5. The molecule has 2 aromatic carbocycles. The standard InChI is InChI=1S/C31H32F4N2O10S/c1-44-22-12-20(32)23(47-16-7-5-14(6-8-16)30(40)41)11-18(22)28(38)37-21-10-19-24(25(21)27-26(19)45-13-46-27)29(39)36-15-3-2-4-17(9-15)48(42,43)31(33,34)35/h2-4,9,11-12,14,16,19,21,24-27H,5-8,10,13H2,1H3,(H,36,39)(H,37,38)(H,40,41). The largest absolute Gasteiger partial charge is 0.501 e. The first kappa shape index (κ1) is 33.9. The van der Waals surface area contributed by atoms with Gasteiger partial charge in [-0.3, -0.25) is 14.4 Å². The van der Waals surface area contributed by atoms with Gasteiger partial charge < -0.3 is 34.7 Å². The van der Waals surface area contributed by atoms with E-state index in [2.05, 4.69) is 10.6 Å². The van der Waals surface area contributed by atoms with Crippen LogP contribution in [0.3, 0.4) is 0 Å². The molecule has 1 heterocycles. The topological polar surface area (TPSA) is 167 Å². The molecule has 3 saturated carbocycles. The molecule has 2 aromatic rings. The van der Waals surface area contributed by atoms with E-state index < -0.39 is 91.9 Å². The van der Waals surface area contributed by atoms with Crippen LogP contribution in [-0.2, 0) is 28.9 Å². The van der Waals surface area contributed by atoms with Crippen molar-refractivity contribution in [3.05, 3.63) is 47.8 Å². The smallest absolute Gasteiger partial charge is 0.496 e. The number of fused-ring (bicyclic) bond motifs is 5. The summed E-state index contributed by atoms with van der Waals surface area (Å²) >= 11 is 0. The summed E-state index contributed by atoms with van der Waals surface area (Å²) in [6, 6.07) is 5.43. The van der Waals surface area contributed by atoms with Crippen LogP contribution in [0.4, 0.5) is 23.2 Å². The zero-order valence-corrected chi connectivity index (χ0v) is 26.2. The SMILES string of the molecule is COc1cc(F)c(OC2CCC(C(=O)O)CC2)cc1C(=O)NC1CC2C3OCOC3C1C2C(=O)Nc1cccc(S(=O)(=O)C(F)(F)F)c1. The molecule has 3 N–H and O–H groups in total. The fourth-order valence-electron chi connectivity index (χ4n) is 7.44. The van der Waals surface area contributed by atoms with E-state index in [1.165, 1.54) is 19.2 Å². The molecule has 4 fully saturated rings. The Kier molecular flexibility index (Phi) is 9.06. The van der Waals surface area contributed by atoms with Gasteiger partial charge in [0.25, 0.3) is 15.7 Å². The van der Waals surface area contributed by atoms with E-state index >= 15 is 0 Å². The monoisotopic (exact) mass is 700 g/mol. The van der Waals surface area contributed by atoms with Gasteiger partial charge in [-0.05, 0) is 56.4 Å². The van der Waals surface area contributed by atoms with Crippen LogP contribution in [-0.4, -0.2) is 75.1 Å². The van der Waals surface area contributed by atoms with Crippen molar-refractivity contribution in [1.82, 2.24) is 5.32 Å². The van der Waals surface area contributed by atoms with Crippen molar-refractivity contribution in [2.24, 2.45) is 23.7 Å². The summed E-state index contributed by atoms with van der Waals surface area (Å²) in [5, 5.41) is 14.7. The third kappa shape index (κ3) is 6.18. The van der Waals surface area contributed by atoms with E-state index in [1.807, 2.05) is 0 Å². The van der Waals surface area contributed by atoms with Crippen LogP contribution in [0.1, 0.15) is 42.5 Å². The normalized spacial score (nSPS) is 29.6. The number of alkyl halides is 3. The number of anilines is 1. The van der Waals surface area contributed by atoms with Crippen LogP contribution < -0.4 is 20.1 Å². The van der Waals surface area contributed by atoms with Crippen molar-refractivity contribution >= 4 is 33.3 Å². The fraction of sp³-hybridized carbons (Fsp3) is 0.516. The molecule has 1 saturated heterocycles. The predicted octanol–water partition coefficient (Wildman–Crippen LogP) is 3.89. The van der Waals surface area contributed by atoms with Gasteiger partial charge in [0.15, 0.2) is 11.6 Å². The third-order valence-electron chi connectivity index (χ3n) is 9.66. The molecule has 2 amide bonds. The molecule has 1 aliphatic heterocycles. The number of halogens is 4. The van der Waals surface area contributed by atoms with Crippen LogP contribution >= 0.6 is 0 Å². The molecule has 0 spiro atoms. The van der Waals surface area contributed by atoms with Gasteiger partial charge in [0, 0.05) is 29.6 Å². The van der Waals surface area contributed by atoms with Gasteiger partial charge in [-0.15, -0.1) is 0 Å². The summed E-state index contributed by atoms with van der Waals surface area (Å²) in [7, 11) is -4.39. The number of carbonyl (C=O) groups excluding carboxylic acids is 2. The number of carboxylic acid groups (broad SMARTS) is 1. The van der Waals surface area contributed by atoms with E-state index in [1.54, 1.807) is 0 Å². The Bertz CT molecular complexity index is 1710. The number of hydrogen-bond donors (Lipinski definition) is 3. The number of benzene rings is 2. The highest BCUT2D eigenvalue weighted by Gasteiger charge is 2.64. The van der Waals surface area contributed by atoms with Crippen LogP contribution in [0.15, 0.2) is 41.3 Å². The van der Waals surface area contributed by atoms with Gasteiger partial charge in [0.05, 0.1) is 47.7 Å². The molecule has 2 bridgehead atoms. The zero-order valence-electron chi connectivity index (χ0n) is 25.4. The predicted molar refractivity (Wildman–Crippen MR) is 156 cm³/mol. The van der Waals surface area contributed by atoms with Crippen molar-refractivity contribution in [3.8, 4) is 11.5 Å². The number of aliphatic carboxylic acids is 1. The lowest BCUT2D eigenvalue weighted by Crippen LogP contribution is -2.47. The molecule has 6 unspecified atom stereocenters. The van der Waals surface area contributed by atoms with Gasteiger partial charge in [0.2, 0.25) is 5.91 Å². The Labute approximate surface area is 272 Å². The molecule has 6 rings (SSSR count). The Morgan fingerprint density at radius 2 is 1.71 bits per heavy atom. The molecule has 0 radical (unpaired) electrons. The van der Waals surface area contributed by atoms with Crippen molar-refractivity contribution in [2.75, 3.05) is 19.2 Å². The summed E-state index contributed by atoms with van der Waals surface area (Å²) in [6.45, 7) is -0.0322. The van der Waals surface area contributed by atoms with E-state index in [9.17, 15) is 45.5 Å². The van der Waals surface area contributed by atoms with Gasteiger partial charge >= 0.3 is 11.5 Å². The Hall–Kier alpha value is -3.96. The molecule has 6 atom stereocenters. The average molecular weight is 701 g/mol. The number of carboxylic acids is 1. The minimum Gasteiger partial charge on any atom is -0.496 e. The van der Waals surface area contributed by atoms with Gasteiger partial charge in [-0.25, -0.2) is 12.8 Å². The molecule has 48 heavy (non-hydrogen) atoms. The number of rotatable bonds is 9. The van der Waals surface area contributed by atoms with Crippen molar-refractivity contribution in [1.29, 1.82) is 0 Å². The highest BCUT2D eigenvalue weighted by molar-refractivity contribution is 7.92. The molecular weight excluding hydrogens is 668 g/mol. The Morgan fingerprint density at radius 1 is 1.00 bits per heavy atom. The average Bonchev–Trinajstić information content (AvgIpc) is 3.74. The third-order valence-corrected chi connectivity index (χ3v) is 11.1. The van der Waals surface area contributed by atoms with E-state index in [-0.39, 0.29) is 36.0 Å². The second-order valence-corrected chi connectivity index (χ2v) is 14.3. The first-order chi connectivity index (χ1) is 22.7. The van der Waals surface area contributed by atoms with E-state index in [0.717, 1.165) is 24.3 Å². The van der Waals surface area contributed by atoms with Gasteiger partial charge in [0.1, 0.15) is 12.5 Å². The molecular formula is C31H32F4N2O10S. The molecule has 4 aliphatic rings. The second kappa shape index (κ2) is 12.8. The summed E-state index contributed by atoms with van der Waals surface area (Å²) in [6.07, 6.45) is 0.295. The number of hydrogen-bond acceptors (Lipinski definition) is 9. The highest BCUT2D eigenvalue weighted by atomic mass is 32.2. The molecule has 3 aliphatic carbocycles. The number of ether oxygens (including phenoxy) is 4. The number of methoxy groups -OCH3 is 1. The maximum Gasteiger partial charge on any atom is 0.501 e. The molecule has 0 aromatic heterocycles. The van der Waals surface area contributed by atoms with Crippen molar-refractivity contribution < 1.29 is 64.4 Å². The lowest BCUT2D eigenvalue weighted by molar-refractivity contribution is -0.143. The fourth-order valence-corrected chi connectivity index (χ4v) is 8.24. The minimum atomic E-state index is -5.65. The number of amides is 2. The number of nitrogens with one attached hydrogen (secondary N) is 2. The summed E-state index contributed by atoms with van der Waals surface area (Å²) < 4.78 is 101. The van der Waals surface area contributed by atoms with Crippen LogP contribution in [0.2, 0.25) is 0 Å². The number of sulfone groups is 1.